The fraction of sp³-hybridized carbons (Fsp3) is 0.409. The highest BCUT2D eigenvalue weighted by atomic mass is 16.5. The first kappa shape index (κ1) is 17.9. The van der Waals surface area contributed by atoms with Crippen LogP contribution in [0.4, 0.5) is 5.69 Å². The van der Waals surface area contributed by atoms with Crippen LogP contribution >= 0.6 is 0 Å². The second kappa shape index (κ2) is 6.89. The number of hydrogen-bond donors (Lipinski definition) is 1. The van der Waals surface area contributed by atoms with Crippen LogP contribution in [0.2, 0.25) is 0 Å². The highest BCUT2D eigenvalue weighted by Gasteiger charge is 2.60. The summed E-state index contributed by atoms with van der Waals surface area (Å²) in [6.45, 7) is 5.68. The number of methoxy groups -OCH3 is 1. The maximum Gasteiger partial charge on any atom is 0.278 e. The molecule has 2 aromatic rings. The summed E-state index contributed by atoms with van der Waals surface area (Å²) in [5.74, 6) is 2.81. The lowest BCUT2D eigenvalue weighted by molar-refractivity contribution is -0.564. The van der Waals surface area contributed by atoms with Gasteiger partial charge in [0.2, 0.25) is 0 Å². The molecule has 4 rings (SSSR count). The van der Waals surface area contributed by atoms with E-state index >= 15 is 0 Å². The molecule has 2 atom stereocenters. The predicted octanol–water partition coefficient (Wildman–Crippen LogP) is 3.35. The highest BCUT2D eigenvalue weighted by Crippen LogP contribution is 2.43. The number of hydrogen-bond acceptors (Lipinski definition) is 4. The molecule has 0 radical (unpaired) electrons. The van der Waals surface area contributed by atoms with Crippen LogP contribution in [-0.2, 0) is 5.72 Å². The molecule has 0 unspecified atom stereocenters. The number of ether oxygens (including phenoxy) is 2. The summed E-state index contributed by atoms with van der Waals surface area (Å²) in [7, 11) is 1.66. The van der Waals surface area contributed by atoms with E-state index in [2.05, 4.69) is 16.4 Å². The van der Waals surface area contributed by atoms with Gasteiger partial charge in [-0.25, -0.2) is 0 Å². The van der Waals surface area contributed by atoms with Crippen LogP contribution in [0, 0.1) is 0 Å². The molecule has 0 aliphatic carbocycles. The summed E-state index contributed by atoms with van der Waals surface area (Å²) in [6, 6.07) is 15.7. The fourth-order valence-electron chi connectivity index (χ4n) is 4.35. The Morgan fingerprint density at radius 3 is 2.41 bits per heavy atom. The summed E-state index contributed by atoms with van der Waals surface area (Å²) in [4.78, 5) is 2.10. The van der Waals surface area contributed by atoms with Crippen molar-refractivity contribution in [1.82, 2.24) is 0 Å². The summed E-state index contributed by atoms with van der Waals surface area (Å²) in [6.07, 6.45) is 2.08. The van der Waals surface area contributed by atoms with Crippen LogP contribution in [0.3, 0.4) is 0 Å². The Balaban J connectivity index is 1.78. The predicted molar refractivity (Wildman–Crippen MR) is 106 cm³/mol. The minimum Gasteiger partial charge on any atom is -0.497 e. The van der Waals surface area contributed by atoms with Gasteiger partial charge < -0.3 is 14.6 Å². The largest absolute Gasteiger partial charge is 0.497 e. The molecular weight excluding hydrogens is 340 g/mol. The fourth-order valence-corrected chi connectivity index (χ4v) is 4.35. The molecule has 5 heteroatoms. The third kappa shape index (κ3) is 2.77. The van der Waals surface area contributed by atoms with Crippen LogP contribution in [0.5, 0.6) is 11.5 Å². The molecule has 0 spiro atoms. The van der Waals surface area contributed by atoms with Gasteiger partial charge in [0.05, 0.1) is 26.7 Å². The van der Waals surface area contributed by atoms with Crippen molar-refractivity contribution in [1.29, 1.82) is 0 Å². The minimum absolute atomic E-state index is 0.0463. The Morgan fingerprint density at radius 2 is 1.78 bits per heavy atom. The van der Waals surface area contributed by atoms with Gasteiger partial charge >= 0.3 is 0 Å². The Bertz CT molecular complexity index is 845. The van der Waals surface area contributed by atoms with Crippen LogP contribution in [0.25, 0.3) is 0 Å². The second-order valence-corrected chi connectivity index (χ2v) is 7.11. The highest BCUT2D eigenvalue weighted by molar-refractivity contribution is 5.97. The molecule has 0 aromatic heterocycles. The zero-order valence-corrected chi connectivity index (χ0v) is 16.2. The molecule has 0 fully saturated rings. The molecule has 0 saturated heterocycles. The van der Waals surface area contributed by atoms with Crippen LogP contribution in [0.15, 0.2) is 48.5 Å². The topological polar surface area (TPSA) is 44.9 Å². The van der Waals surface area contributed by atoms with E-state index in [0.717, 1.165) is 42.1 Å². The van der Waals surface area contributed by atoms with Gasteiger partial charge in [0.15, 0.2) is 6.04 Å². The van der Waals surface area contributed by atoms with E-state index in [-0.39, 0.29) is 6.04 Å². The van der Waals surface area contributed by atoms with Gasteiger partial charge in [-0.2, -0.15) is 4.90 Å². The number of benzene rings is 2. The van der Waals surface area contributed by atoms with Gasteiger partial charge in [-0.1, -0.05) is 0 Å². The lowest BCUT2D eigenvalue weighted by Crippen LogP contribution is -2.51. The van der Waals surface area contributed by atoms with E-state index in [4.69, 9.17) is 9.47 Å². The van der Waals surface area contributed by atoms with Crippen molar-refractivity contribution in [3.8, 4) is 11.5 Å². The van der Waals surface area contributed by atoms with Gasteiger partial charge in [0, 0.05) is 5.56 Å². The molecule has 2 aliphatic heterocycles. The summed E-state index contributed by atoms with van der Waals surface area (Å²) in [5, 5.41) is 12.0. The van der Waals surface area contributed by atoms with Crippen LogP contribution in [-0.4, -0.2) is 41.8 Å². The molecule has 2 aromatic carbocycles. The molecule has 2 aliphatic rings. The first-order valence-corrected chi connectivity index (χ1v) is 9.62. The van der Waals surface area contributed by atoms with Gasteiger partial charge in [-0.15, -0.1) is 0 Å². The number of amidine groups is 1. The Morgan fingerprint density at radius 1 is 1.11 bits per heavy atom. The number of rotatable bonds is 5. The van der Waals surface area contributed by atoms with Crippen LogP contribution < -0.4 is 14.4 Å². The Labute approximate surface area is 160 Å². The van der Waals surface area contributed by atoms with E-state index in [1.54, 1.807) is 7.11 Å². The monoisotopic (exact) mass is 367 g/mol. The number of nitrogens with zero attached hydrogens (tertiary/aromatic N) is 2. The van der Waals surface area contributed by atoms with Crippen molar-refractivity contribution >= 4 is 11.5 Å². The van der Waals surface area contributed by atoms with Crippen molar-refractivity contribution in [3.63, 3.8) is 0 Å². The summed E-state index contributed by atoms with van der Waals surface area (Å²) >= 11 is 0. The molecule has 1 N–H and O–H groups in total. The Hall–Kier alpha value is -2.53. The average molecular weight is 367 g/mol. The van der Waals surface area contributed by atoms with Crippen molar-refractivity contribution in [2.24, 2.45) is 0 Å². The third-order valence-electron chi connectivity index (χ3n) is 5.70. The molecule has 0 amide bonds. The molecule has 27 heavy (non-hydrogen) atoms. The van der Waals surface area contributed by atoms with Gasteiger partial charge in [0.1, 0.15) is 17.2 Å². The van der Waals surface area contributed by atoms with E-state index in [1.165, 1.54) is 5.84 Å². The lowest BCUT2D eigenvalue weighted by atomic mass is 9.93. The SMILES string of the molecule is CCOc1ccc([C@@]2(O)[C@@H](C)[N+]3=C(CCC3)N2c2ccc(OC)cc2)cc1. The standard InChI is InChI=1S/C22H27N2O3/c1-4-27-20-11-7-17(8-12-20)22(25)16(2)23-15-5-6-21(23)24(22)18-9-13-19(26-3)14-10-18/h7-14,16,25H,4-6,15H2,1-3H3/q+1/t16-,22+/m1/s1. The average Bonchev–Trinajstić information content (AvgIpc) is 3.24. The maximum absolute atomic E-state index is 12.0. The van der Waals surface area contributed by atoms with E-state index in [1.807, 2.05) is 55.5 Å². The van der Waals surface area contributed by atoms with Crippen molar-refractivity contribution < 1.29 is 19.2 Å². The second-order valence-electron chi connectivity index (χ2n) is 7.11. The zero-order valence-electron chi connectivity index (χ0n) is 16.2. The molecule has 142 valence electrons. The van der Waals surface area contributed by atoms with Crippen molar-refractivity contribution in [2.45, 2.75) is 38.5 Å². The quantitative estimate of drug-likeness (QED) is 0.823. The molecular formula is C22H27N2O3+. The van der Waals surface area contributed by atoms with E-state index in [9.17, 15) is 5.11 Å². The summed E-state index contributed by atoms with van der Waals surface area (Å²) in [5.41, 5.74) is 0.712. The first-order chi connectivity index (χ1) is 13.1. The minimum atomic E-state index is -1.13. The van der Waals surface area contributed by atoms with E-state index < -0.39 is 5.72 Å². The van der Waals surface area contributed by atoms with Crippen molar-refractivity contribution in [3.05, 3.63) is 54.1 Å². The van der Waals surface area contributed by atoms with Gasteiger partial charge in [-0.05, 0) is 68.8 Å². The molecule has 2 heterocycles. The third-order valence-corrected chi connectivity index (χ3v) is 5.70. The lowest BCUT2D eigenvalue weighted by Gasteiger charge is -2.32. The summed E-state index contributed by atoms with van der Waals surface area (Å²) < 4.78 is 13.2. The smallest absolute Gasteiger partial charge is 0.278 e. The first-order valence-electron chi connectivity index (χ1n) is 9.62. The van der Waals surface area contributed by atoms with Gasteiger partial charge in [0.25, 0.3) is 11.6 Å². The van der Waals surface area contributed by atoms with E-state index in [0.29, 0.717) is 6.61 Å². The van der Waals surface area contributed by atoms with Gasteiger partial charge in [-0.3, -0.25) is 4.58 Å². The Kier molecular flexibility index (Phi) is 4.56. The molecule has 5 nitrogen and oxygen atoms in total. The molecule has 0 bridgehead atoms. The number of aliphatic hydroxyl groups is 1. The van der Waals surface area contributed by atoms with Crippen molar-refractivity contribution in [2.75, 3.05) is 25.2 Å². The molecule has 0 saturated carbocycles. The number of anilines is 1. The van der Waals surface area contributed by atoms with Crippen LogP contribution in [0.1, 0.15) is 32.3 Å². The zero-order chi connectivity index (χ0) is 19.0. The normalized spacial score (nSPS) is 24.3. The maximum atomic E-state index is 12.0.